The van der Waals surface area contributed by atoms with Crippen molar-refractivity contribution >= 4 is 11.9 Å². The average Bonchev–Trinajstić information content (AvgIpc) is 3.08. The molecule has 0 amide bonds. The summed E-state index contributed by atoms with van der Waals surface area (Å²) in [6, 6.07) is 17.4. The molecule has 0 aliphatic heterocycles. The summed E-state index contributed by atoms with van der Waals surface area (Å²) >= 11 is 0. The molecule has 0 atom stereocenters. The molecule has 2 aliphatic rings. The number of benzene rings is 2. The maximum absolute atomic E-state index is 12.7. The van der Waals surface area contributed by atoms with E-state index >= 15 is 0 Å². The third kappa shape index (κ3) is 2.46. The van der Waals surface area contributed by atoms with Crippen molar-refractivity contribution in [2.75, 3.05) is 0 Å². The van der Waals surface area contributed by atoms with E-state index in [1.165, 1.54) is 0 Å². The number of ether oxygens (including phenoxy) is 2. The van der Waals surface area contributed by atoms with Gasteiger partial charge in [0, 0.05) is 0 Å². The highest BCUT2D eigenvalue weighted by molar-refractivity contribution is 5.91. The minimum absolute atomic E-state index is 0.312. The standard InChI is InChI=1S/C22H18O4/c1-21-14-12-18(13-15-21)22(21,25-19(23)16-8-4-2-5-9-16)26-20(24)17-10-6-3-7-11-17/h2-15,18H,1H3. The van der Waals surface area contributed by atoms with E-state index in [9.17, 15) is 9.59 Å². The first kappa shape index (κ1) is 16.3. The van der Waals surface area contributed by atoms with Crippen molar-refractivity contribution in [1.29, 1.82) is 0 Å². The molecule has 2 bridgehead atoms. The maximum atomic E-state index is 12.7. The van der Waals surface area contributed by atoms with Crippen LogP contribution in [0.3, 0.4) is 0 Å². The van der Waals surface area contributed by atoms with Crippen molar-refractivity contribution in [3.8, 4) is 0 Å². The molecular weight excluding hydrogens is 328 g/mol. The first-order valence-electron chi connectivity index (χ1n) is 8.50. The predicted molar refractivity (Wildman–Crippen MR) is 96.3 cm³/mol. The molecule has 0 aromatic heterocycles. The first-order valence-corrected chi connectivity index (χ1v) is 8.50. The van der Waals surface area contributed by atoms with Crippen molar-refractivity contribution in [1.82, 2.24) is 0 Å². The lowest BCUT2D eigenvalue weighted by Gasteiger charge is -2.39. The molecule has 2 aromatic carbocycles. The molecule has 0 fully saturated rings. The molecule has 2 aliphatic carbocycles. The number of carbonyl (C=O) groups excluding carboxylic acids is 2. The van der Waals surface area contributed by atoms with Gasteiger partial charge in [0.25, 0.3) is 5.79 Å². The minimum Gasteiger partial charge on any atom is -0.417 e. The van der Waals surface area contributed by atoms with E-state index in [-0.39, 0.29) is 5.92 Å². The Hall–Kier alpha value is -3.14. The molecule has 130 valence electrons. The molecule has 26 heavy (non-hydrogen) atoms. The average molecular weight is 346 g/mol. The van der Waals surface area contributed by atoms with Crippen LogP contribution in [0.4, 0.5) is 0 Å². The molecule has 0 saturated heterocycles. The first-order chi connectivity index (χ1) is 12.5. The number of hydrogen-bond donors (Lipinski definition) is 0. The number of fused-ring (bicyclic) bond motifs is 2. The smallest absolute Gasteiger partial charge is 0.341 e. The zero-order valence-corrected chi connectivity index (χ0v) is 14.3. The summed E-state index contributed by atoms with van der Waals surface area (Å²) in [4.78, 5) is 25.4. The van der Waals surface area contributed by atoms with Crippen LogP contribution in [0.1, 0.15) is 27.6 Å². The van der Waals surface area contributed by atoms with Crippen LogP contribution < -0.4 is 0 Å². The van der Waals surface area contributed by atoms with Gasteiger partial charge in [-0.25, -0.2) is 9.59 Å². The van der Waals surface area contributed by atoms with Crippen LogP contribution in [0.5, 0.6) is 0 Å². The molecule has 0 radical (unpaired) electrons. The molecule has 0 saturated carbocycles. The second-order valence-electron chi connectivity index (χ2n) is 6.71. The monoisotopic (exact) mass is 346 g/mol. The Bertz CT molecular complexity index is 829. The summed E-state index contributed by atoms with van der Waals surface area (Å²) in [7, 11) is 0. The summed E-state index contributed by atoms with van der Waals surface area (Å²) in [5.41, 5.74) is 0.127. The highest BCUT2D eigenvalue weighted by Gasteiger charge is 2.63. The zero-order chi connectivity index (χ0) is 18.2. The Morgan fingerprint density at radius 3 is 1.54 bits per heavy atom. The van der Waals surface area contributed by atoms with Gasteiger partial charge in [-0.05, 0) is 31.2 Å². The number of hydrogen-bond acceptors (Lipinski definition) is 4. The van der Waals surface area contributed by atoms with E-state index < -0.39 is 23.1 Å². The molecule has 4 heteroatoms. The SMILES string of the molecule is CC12C=CC(C=C1)C2(OC(=O)c1ccccc1)OC(=O)c1ccccc1. The Balaban J connectivity index is 1.66. The van der Waals surface area contributed by atoms with Crippen molar-refractivity contribution in [3.63, 3.8) is 0 Å². The molecule has 0 unspecified atom stereocenters. The van der Waals surface area contributed by atoms with Gasteiger partial charge in [-0.15, -0.1) is 0 Å². The van der Waals surface area contributed by atoms with Gasteiger partial charge in [0.15, 0.2) is 0 Å². The van der Waals surface area contributed by atoms with Gasteiger partial charge >= 0.3 is 11.9 Å². The molecular formula is C22H18O4. The van der Waals surface area contributed by atoms with Crippen LogP contribution >= 0.6 is 0 Å². The van der Waals surface area contributed by atoms with Crippen molar-refractivity contribution in [3.05, 3.63) is 96.1 Å². The van der Waals surface area contributed by atoms with Crippen LogP contribution in [0.25, 0.3) is 0 Å². The third-order valence-corrected chi connectivity index (χ3v) is 5.00. The van der Waals surface area contributed by atoms with Crippen molar-refractivity contribution < 1.29 is 19.1 Å². The van der Waals surface area contributed by atoms with Crippen LogP contribution in [0, 0.1) is 11.3 Å². The molecule has 0 heterocycles. The Morgan fingerprint density at radius 2 is 1.19 bits per heavy atom. The van der Waals surface area contributed by atoms with E-state index in [0.717, 1.165) is 0 Å². The van der Waals surface area contributed by atoms with Crippen molar-refractivity contribution in [2.24, 2.45) is 11.3 Å². The molecule has 0 spiro atoms. The fourth-order valence-electron chi connectivity index (χ4n) is 3.49. The van der Waals surface area contributed by atoms with Gasteiger partial charge in [0.2, 0.25) is 0 Å². The highest BCUT2D eigenvalue weighted by Crippen LogP contribution is 2.55. The van der Waals surface area contributed by atoms with Crippen molar-refractivity contribution in [2.45, 2.75) is 12.7 Å². The second kappa shape index (κ2) is 5.99. The quantitative estimate of drug-likeness (QED) is 0.474. The van der Waals surface area contributed by atoms with E-state index in [1.807, 2.05) is 43.4 Å². The molecule has 2 aromatic rings. The van der Waals surface area contributed by atoms with Gasteiger partial charge in [-0.2, -0.15) is 0 Å². The molecule has 0 N–H and O–H groups in total. The van der Waals surface area contributed by atoms with Gasteiger partial charge < -0.3 is 9.47 Å². The lowest BCUT2D eigenvalue weighted by Crippen LogP contribution is -2.50. The fourth-order valence-corrected chi connectivity index (χ4v) is 3.49. The normalized spacial score (nSPS) is 24.4. The summed E-state index contributed by atoms with van der Waals surface area (Å²) in [6.45, 7) is 1.89. The second-order valence-corrected chi connectivity index (χ2v) is 6.71. The van der Waals surface area contributed by atoms with Crippen LogP contribution in [0.15, 0.2) is 85.0 Å². The Morgan fingerprint density at radius 1 is 0.769 bits per heavy atom. The predicted octanol–water partition coefficient (Wildman–Crippen LogP) is 4.16. The number of rotatable bonds is 4. The lowest BCUT2D eigenvalue weighted by atomic mass is 9.86. The van der Waals surface area contributed by atoms with E-state index in [1.54, 1.807) is 48.5 Å². The lowest BCUT2D eigenvalue weighted by molar-refractivity contribution is -0.210. The number of carbonyl (C=O) groups is 2. The van der Waals surface area contributed by atoms with E-state index in [2.05, 4.69) is 0 Å². The van der Waals surface area contributed by atoms with Gasteiger partial charge in [0.1, 0.15) is 0 Å². The summed E-state index contributed by atoms with van der Waals surface area (Å²) in [5.74, 6) is -2.76. The van der Waals surface area contributed by atoms with Gasteiger partial charge in [-0.3, -0.25) is 0 Å². The van der Waals surface area contributed by atoms with Gasteiger partial charge in [0.05, 0.1) is 22.5 Å². The third-order valence-electron chi connectivity index (χ3n) is 5.00. The summed E-state index contributed by atoms with van der Waals surface area (Å²) in [6.07, 6.45) is 7.68. The van der Waals surface area contributed by atoms with E-state index in [4.69, 9.17) is 9.47 Å². The van der Waals surface area contributed by atoms with E-state index in [0.29, 0.717) is 11.1 Å². The Labute approximate surface area is 151 Å². The number of esters is 2. The minimum atomic E-state index is -1.41. The van der Waals surface area contributed by atoms with Crippen LogP contribution in [-0.2, 0) is 9.47 Å². The summed E-state index contributed by atoms with van der Waals surface area (Å²) in [5, 5.41) is 0. The fraction of sp³-hybridized carbons (Fsp3) is 0.182. The van der Waals surface area contributed by atoms with Gasteiger partial charge in [-0.1, -0.05) is 60.7 Å². The maximum Gasteiger partial charge on any atom is 0.341 e. The highest BCUT2D eigenvalue weighted by atomic mass is 16.7. The zero-order valence-electron chi connectivity index (χ0n) is 14.3. The Kier molecular flexibility index (Phi) is 3.76. The largest absolute Gasteiger partial charge is 0.417 e. The molecule has 4 nitrogen and oxygen atoms in total. The van der Waals surface area contributed by atoms with Crippen LogP contribution in [0.2, 0.25) is 0 Å². The molecule has 4 rings (SSSR count). The van der Waals surface area contributed by atoms with Crippen LogP contribution in [-0.4, -0.2) is 17.7 Å². The summed E-state index contributed by atoms with van der Waals surface area (Å²) < 4.78 is 11.7. The topological polar surface area (TPSA) is 52.6 Å².